The first-order chi connectivity index (χ1) is 15.3. The molecule has 0 aromatic heterocycles. The lowest BCUT2D eigenvalue weighted by atomic mass is 10.0. The van der Waals surface area contributed by atoms with E-state index in [0.29, 0.717) is 12.8 Å². The van der Waals surface area contributed by atoms with Crippen molar-refractivity contribution < 1.29 is 9.85 Å². The Morgan fingerprint density at radius 2 is 1.31 bits per heavy atom. The fraction of sp³-hybridized carbons (Fsp3) is 0.182. The normalized spacial score (nSPS) is 18.0. The first kappa shape index (κ1) is 22.8. The molecule has 0 spiro atoms. The maximum Gasteiger partial charge on any atom is 0.288 e. The minimum Gasteiger partial charge on any atom is -0.357 e. The molecule has 1 aliphatic rings. The fourth-order valence-corrected chi connectivity index (χ4v) is 5.12. The van der Waals surface area contributed by atoms with Crippen molar-refractivity contribution in [2.75, 3.05) is 4.90 Å². The van der Waals surface area contributed by atoms with E-state index < -0.39 is 9.85 Å². The van der Waals surface area contributed by atoms with Crippen molar-refractivity contribution >= 4 is 62.9 Å². The van der Waals surface area contributed by atoms with E-state index in [2.05, 4.69) is 27.5 Å². The molecule has 164 valence electrons. The highest BCUT2D eigenvalue weighted by molar-refractivity contribution is 14.1. The van der Waals surface area contributed by atoms with Crippen LogP contribution in [0.2, 0.25) is 10.0 Å². The van der Waals surface area contributed by atoms with Crippen LogP contribution in [-0.2, 0) is 0 Å². The molecule has 0 radical (unpaired) electrons. The van der Waals surface area contributed by atoms with Crippen molar-refractivity contribution in [3.63, 3.8) is 0 Å². The van der Waals surface area contributed by atoms with E-state index >= 15 is 0 Å². The molecule has 2 atom stereocenters. The molecule has 32 heavy (non-hydrogen) atoms. The summed E-state index contributed by atoms with van der Waals surface area (Å²) in [6.07, 6.45) is 1.43. The summed E-state index contributed by atoms with van der Waals surface area (Å²) in [5.74, 6) is 0. The number of hydrogen-bond acceptors (Lipinski definition) is 5. The lowest BCUT2D eigenvalue weighted by Gasteiger charge is -2.33. The van der Waals surface area contributed by atoms with Crippen LogP contribution in [0.15, 0.2) is 60.7 Å². The summed E-state index contributed by atoms with van der Waals surface area (Å²) in [6.45, 7) is 0. The molecular weight excluding hydrogens is 568 g/mol. The average molecular weight is 584 g/mol. The molecule has 10 heteroatoms. The number of anilines is 1. The molecule has 1 unspecified atom stereocenters. The van der Waals surface area contributed by atoms with Gasteiger partial charge in [-0.2, -0.15) is 0 Å². The Bertz CT molecular complexity index is 1150. The second kappa shape index (κ2) is 9.21. The Morgan fingerprint density at radius 1 is 0.812 bits per heavy atom. The topological polar surface area (TPSA) is 89.5 Å². The van der Waals surface area contributed by atoms with Crippen LogP contribution in [0.4, 0.5) is 17.1 Å². The van der Waals surface area contributed by atoms with Crippen LogP contribution in [0.3, 0.4) is 0 Å². The van der Waals surface area contributed by atoms with Gasteiger partial charge >= 0.3 is 0 Å². The van der Waals surface area contributed by atoms with Gasteiger partial charge in [0.15, 0.2) is 0 Å². The first-order valence-corrected chi connectivity index (χ1v) is 11.5. The smallest absolute Gasteiger partial charge is 0.288 e. The minimum absolute atomic E-state index is 0.0856. The molecule has 1 aliphatic heterocycles. The third-order valence-electron chi connectivity index (χ3n) is 5.59. The Hall–Kier alpha value is -2.43. The van der Waals surface area contributed by atoms with Crippen LogP contribution >= 0.6 is 45.8 Å². The van der Waals surface area contributed by atoms with E-state index in [0.717, 1.165) is 20.4 Å². The van der Waals surface area contributed by atoms with Gasteiger partial charge in [-0.3, -0.25) is 20.2 Å². The number of nitro benzene ring substituents is 2. The number of nitrogens with zero attached hydrogens (tertiary/aromatic N) is 3. The minimum atomic E-state index is -0.489. The van der Waals surface area contributed by atoms with Gasteiger partial charge in [-0.15, -0.1) is 0 Å². The van der Waals surface area contributed by atoms with Gasteiger partial charge < -0.3 is 4.90 Å². The molecule has 0 aliphatic carbocycles. The first-order valence-electron chi connectivity index (χ1n) is 9.68. The SMILES string of the molecule is O=[N+]([O-])c1cc(C2CC[C@H](c3ccc(Cl)c([N+](=O)[O-])c3)N2c2cccc(I)c2)ccc1Cl. The molecule has 0 saturated carbocycles. The highest BCUT2D eigenvalue weighted by atomic mass is 127. The molecule has 7 nitrogen and oxygen atoms in total. The van der Waals surface area contributed by atoms with Gasteiger partial charge in [-0.1, -0.05) is 41.4 Å². The van der Waals surface area contributed by atoms with Crippen molar-refractivity contribution in [1.29, 1.82) is 0 Å². The molecule has 3 aromatic rings. The van der Waals surface area contributed by atoms with Gasteiger partial charge in [0.25, 0.3) is 11.4 Å². The summed E-state index contributed by atoms with van der Waals surface area (Å²) < 4.78 is 1.04. The molecule has 0 bridgehead atoms. The van der Waals surface area contributed by atoms with Gasteiger partial charge in [0.2, 0.25) is 0 Å². The predicted octanol–water partition coefficient (Wildman–Crippen LogP) is 7.50. The number of nitro groups is 2. The van der Waals surface area contributed by atoms with Crippen LogP contribution in [-0.4, -0.2) is 9.85 Å². The van der Waals surface area contributed by atoms with E-state index in [1.165, 1.54) is 12.1 Å². The quantitative estimate of drug-likeness (QED) is 0.176. The van der Waals surface area contributed by atoms with Crippen molar-refractivity contribution in [2.24, 2.45) is 0 Å². The summed E-state index contributed by atoms with van der Waals surface area (Å²) in [4.78, 5) is 24.1. The van der Waals surface area contributed by atoms with Crippen LogP contribution in [0.1, 0.15) is 36.1 Å². The molecule has 1 saturated heterocycles. The van der Waals surface area contributed by atoms with Gasteiger partial charge in [0.1, 0.15) is 10.0 Å². The second-order valence-corrected chi connectivity index (χ2v) is 9.49. The molecule has 0 N–H and O–H groups in total. The lowest BCUT2D eigenvalue weighted by Crippen LogP contribution is -2.26. The number of rotatable bonds is 5. The summed E-state index contributed by atoms with van der Waals surface area (Å²) in [7, 11) is 0. The highest BCUT2D eigenvalue weighted by Crippen LogP contribution is 2.48. The van der Waals surface area contributed by atoms with Crippen LogP contribution < -0.4 is 4.90 Å². The Kier molecular flexibility index (Phi) is 6.55. The van der Waals surface area contributed by atoms with Crippen molar-refractivity contribution in [3.8, 4) is 0 Å². The third kappa shape index (κ3) is 4.39. The van der Waals surface area contributed by atoms with E-state index in [9.17, 15) is 20.2 Å². The zero-order chi connectivity index (χ0) is 23.0. The number of benzene rings is 3. The summed E-state index contributed by atoms with van der Waals surface area (Å²) in [5, 5.41) is 23.0. The summed E-state index contributed by atoms with van der Waals surface area (Å²) in [6, 6.07) is 17.3. The van der Waals surface area contributed by atoms with Crippen molar-refractivity contribution in [1.82, 2.24) is 0 Å². The van der Waals surface area contributed by atoms with Crippen LogP contribution in [0, 0.1) is 23.8 Å². The Labute approximate surface area is 207 Å². The Balaban J connectivity index is 1.83. The van der Waals surface area contributed by atoms with Crippen molar-refractivity contribution in [2.45, 2.75) is 24.9 Å². The predicted molar refractivity (Wildman–Crippen MR) is 133 cm³/mol. The van der Waals surface area contributed by atoms with E-state index in [-0.39, 0.29) is 33.5 Å². The monoisotopic (exact) mass is 583 g/mol. The lowest BCUT2D eigenvalue weighted by molar-refractivity contribution is -0.384. The third-order valence-corrected chi connectivity index (χ3v) is 6.90. The molecule has 3 aromatic carbocycles. The number of halogens is 3. The van der Waals surface area contributed by atoms with Crippen LogP contribution in [0.5, 0.6) is 0 Å². The van der Waals surface area contributed by atoms with Crippen LogP contribution in [0.25, 0.3) is 0 Å². The second-order valence-electron chi connectivity index (χ2n) is 7.43. The standard InChI is InChI=1S/C22H16Cl2IN3O4/c23-17-6-4-13(10-21(17)27(29)30)19-8-9-20(26(19)16-3-1-2-15(25)12-16)14-5-7-18(24)22(11-14)28(31)32/h1-7,10-12,19-20H,8-9H2/t19-,20?/m1/s1. The van der Waals surface area contributed by atoms with Gasteiger partial charge in [0.05, 0.1) is 21.9 Å². The van der Waals surface area contributed by atoms with E-state index in [1.807, 2.05) is 24.3 Å². The average Bonchev–Trinajstić information content (AvgIpc) is 3.19. The summed E-state index contributed by atoms with van der Waals surface area (Å²) in [5.41, 5.74) is 2.19. The van der Waals surface area contributed by atoms with Gasteiger partial charge in [-0.25, -0.2) is 0 Å². The number of hydrogen-bond donors (Lipinski definition) is 0. The van der Waals surface area contributed by atoms with Crippen molar-refractivity contribution in [3.05, 3.63) is 106 Å². The molecule has 1 heterocycles. The highest BCUT2D eigenvalue weighted by Gasteiger charge is 2.37. The molecule has 0 amide bonds. The Morgan fingerprint density at radius 3 is 1.75 bits per heavy atom. The van der Waals surface area contributed by atoms with Gasteiger partial charge in [-0.05, 0) is 76.9 Å². The zero-order valence-corrected chi connectivity index (χ0v) is 20.1. The molecule has 1 fully saturated rings. The maximum atomic E-state index is 11.4. The molecule has 4 rings (SSSR count). The van der Waals surface area contributed by atoms with E-state index in [4.69, 9.17) is 23.2 Å². The van der Waals surface area contributed by atoms with E-state index in [1.54, 1.807) is 24.3 Å². The summed E-state index contributed by atoms with van der Waals surface area (Å²) >= 11 is 14.3. The molecular formula is C22H16Cl2IN3O4. The zero-order valence-electron chi connectivity index (χ0n) is 16.5. The maximum absolute atomic E-state index is 11.4. The van der Waals surface area contributed by atoms with Gasteiger partial charge in [0, 0.05) is 21.4 Å². The largest absolute Gasteiger partial charge is 0.357 e. The fourth-order valence-electron chi connectivity index (χ4n) is 4.22.